The molecule has 46 heavy (non-hydrogen) atoms. The molecule has 2 heteroatoms. The summed E-state index contributed by atoms with van der Waals surface area (Å²) in [5, 5.41) is 0. The molecule has 0 saturated heterocycles. The Morgan fingerprint density at radius 3 is 0.478 bits per heavy atom. The molecule has 0 spiro atoms. The Morgan fingerprint density at radius 2 is 0.348 bits per heavy atom. The van der Waals surface area contributed by atoms with Crippen LogP contribution < -0.4 is 12.4 Å². The largest absolute Gasteiger partial charge is 1.00 e. The van der Waals surface area contributed by atoms with Crippen molar-refractivity contribution in [2.45, 2.75) is 257 Å². The molecule has 0 aliphatic rings. The van der Waals surface area contributed by atoms with Gasteiger partial charge in [-0.15, -0.1) is 0 Å². The van der Waals surface area contributed by atoms with E-state index in [1.54, 1.807) is 0 Å². The van der Waals surface area contributed by atoms with E-state index >= 15 is 0 Å². The van der Waals surface area contributed by atoms with Crippen molar-refractivity contribution in [3.05, 3.63) is 0 Å². The quantitative estimate of drug-likeness (QED) is 0.0444. The minimum Gasteiger partial charge on any atom is -1.00 e. The highest BCUT2D eigenvalue weighted by atomic mass is 35.5. The van der Waals surface area contributed by atoms with E-state index in [-0.39, 0.29) is 12.4 Å². The molecule has 0 saturated carbocycles. The summed E-state index contributed by atoms with van der Waals surface area (Å²) in [5.41, 5.74) is 0. The third-order valence-corrected chi connectivity index (χ3v) is 12.1. The van der Waals surface area contributed by atoms with Crippen molar-refractivity contribution in [1.29, 1.82) is 0 Å². The highest BCUT2D eigenvalue weighted by molar-refractivity contribution is 7.73. The van der Waals surface area contributed by atoms with E-state index in [0.29, 0.717) is 0 Å². The molecule has 0 aliphatic heterocycles. The predicted molar refractivity (Wildman–Crippen MR) is 215 cm³/mol. The maximum Gasteiger partial charge on any atom is 0.0586 e. The molecule has 0 heterocycles. The lowest BCUT2D eigenvalue weighted by atomic mass is 10.0. The lowest BCUT2D eigenvalue weighted by Crippen LogP contribution is -3.00. The lowest BCUT2D eigenvalue weighted by Gasteiger charge is -2.10. The van der Waals surface area contributed by atoms with E-state index in [9.17, 15) is 0 Å². The molecule has 0 N–H and O–H groups in total. The number of hydrogen-bond acceptors (Lipinski definition) is 0. The van der Waals surface area contributed by atoms with Gasteiger partial charge in [-0.05, 0) is 12.8 Å². The van der Waals surface area contributed by atoms with Crippen molar-refractivity contribution in [2.24, 2.45) is 0 Å². The highest BCUT2D eigenvalue weighted by Crippen LogP contribution is 2.47. The van der Waals surface area contributed by atoms with Gasteiger partial charge in [-0.1, -0.05) is 244 Å². The van der Waals surface area contributed by atoms with Crippen LogP contribution >= 0.6 is 7.26 Å². The summed E-state index contributed by atoms with van der Waals surface area (Å²) in [7, 11) is -0.522. The van der Waals surface area contributed by atoms with Crippen molar-refractivity contribution in [3.8, 4) is 0 Å². The lowest BCUT2D eigenvalue weighted by molar-refractivity contribution is -0.0000102. The van der Waals surface area contributed by atoms with Gasteiger partial charge >= 0.3 is 0 Å². The molecule has 280 valence electrons. The van der Waals surface area contributed by atoms with E-state index < -0.39 is 7.26 Å². The number of rotatable bonds is 40. The van der Waals surface area contributed by atoms with Crippen LogP contribution in [0.25, 0.3) is 0 Å². The standard InChI is InChI=1S/C44H92P.ClH/c1-5-6-7-8-9-10-11-12-13-14-15-16-17-18-19-20-21-22-23-24-25-26-27-28-29-30-31-32-33-34-35-36-37-38-39-40-41-42-43-44-45(2,3)4;/h5-44H2,1-4H3;1H/q+1;/p-1. The van der Waals surface area contributed by atoms with Gasteiger partial charge in [0.15, 0.2) is 0 Å². The average Bonchev–Trinajstić information content (AvgIpc) is 3.01. The SMILES string of the molecule is CCCCCCCCCCCCCCCCCCCCCCCCCCCCCCCCCCCCCCCCC[P+](C)(C)C.[Cl-]. The summed E-state index contributed by atoms with van der Waals surface area (Å²) >= 11 is 0. The molecule has 0 rings (SSSR count). The molecule has 0 aliphatic carbocycles. The van der Waals surface area contributed by atoms with Crippen molar-refractivity contribution in [1.82, 2.24) is 0 Å². The van der Waals surface area contributed by atoms with Gasteiger partial charge in [-0.2, -0.15) is 0 Å². The van der Waals surface area contributed by atoms with E-state index in [2.05, 4.69) is 26.9 Å². The first-order valence-corrected chi connectivity index (χ1v) is 25.2. The molecular weight excluding hydrogens is 595 g/mol. The Labute approximate surface area is 302 Å². The summed E-state index contributed by atoms with van der Waals surface area (Å²) < 4.78 is 0. The topological polar surface area (TPSA) is 0 Å². The van der Waals surface area contributed by atoms with Crippen LogP contribution in [-0.2, 0) is 0 Å². The van der Waals surface area contributed by atoms with Gasteiger partial charge < -0.3 is 12.4 Å². The van der Waals surface area contributed by atoms with Gasteiger partial charge in [0.05, 0.1) is 6.16 Å². The van der Waals surface area contributed by atoms with Crippen molar-refractivity contribution < 1.29 is 12.4 Å². The number of hydrogen-bond donors (Lipinski definition) is 0. The second-order valence-electron chi connectivity index (χ2n) is 16.4. The normalized spacial score (nSPS) is 11.7. The Bertz CT molecular complexity index is 513. The Kier molecular flexibility index (Phi) is 44.5. The Hall–Kier alpha value is 0.720. The molecule has 0 aromatic carbocycles. The third kappa shape index (κ3) is 46.8. The smallest absolute Gasteiger partial charge is 0.0586 e. The summed E-state index contributed by atoms with van der Waals surface area (Å²) in [6.45, 7) is 9.76. The molecule has 0 bridgehead atoms. The van der Waals surface area contributed by atoms with Crippen LogP contribution in [0, 0.1) is 0 Å². The maximum atomic E-state index is 2.48. The van der Waals surface area contributed by atoms with Crippen LogP contribution in [0.3, 0.4) is 0 Å². The molecule has 0 nitrogen and oxygen atoms in total. The van der Waals surface area contributed by atoms with E-state index in [0.717, 1.165) is 0 Å². The summed E-state index contributed by atoms with van der Waals surface area (Å²) in [5.74, 6) is 0. The molecule has 0 fully saturated rings. The van der Waals surface area contributed by atoms with Crippen LogP contribution in [0.4, 0.5) is 0 Å². The zero-order valence-corrected chi connectivity index (χ0v) is 34.8. The van der Waals surface area contributed by atoms with Crippen LogP contribution in [0.5, 0.6) is 0 Å². The number of unbranched alkanes of at least 4 members (excludes halogenated alkanes) is 38. The van der Waals surface area contributed by atoms with Crippen LogP contribution in [-0.4, -0.2) is 26.2 Å². The van der Waals surface area contributed by atoms with Crippen LogP contribution in [0.15, 0.2) is 0 Å². The van der Waals surface area contributed by atoms with Gasteiger partial charge in [-0.3, -0.25) is 0 Å². The maximum absolute atomic E-state index is 2.48. The van der Waals surface area contributed by atoms with E-state index in [1.807, 2.05) is 0 Å². The summed E-state index contributed by atoms with van der Waals surface area (Å²) in [6.07, 6.45) is 59.6. The fourth-order valence-corrected chi connectivity index (χ4v) is 8.37. The molecule has 0 amide bonds. The van der Waals surface area contributed by atoms with Gasteiger partial charge in [-0.25, -0.2) is 0 Å². The minimum atomic E-state index is -0.522. The average molecular weight is 688 g/mol. The van der Waals surface area contributed by atoms with Gasteiger partial charge in [0, 0.05) is 27.3 Å². The van der Waals surface area contributed by atoms with Crippen molar-refractivity contribution in [2.75, 3.05) is 26.2 Å². The minimum absolute atomic E-state index is 0. The second kappa shape index (κ2) is 41.9. The molecule has 0 aromatic heterocycles. The fourth-order valence-electron chi connectivity index (χ4n) is 7.20. The van der Waals surface area contributed by atoms with Gasteiger partial charge in [0.2, 0.25) is 0 Å². The van der Waals surface area contributed by atoms with E-state index in [1.165, 1.54) is 257 Å². The molecular formula is C44H92ClP. The van der Waals surface area contributed by atoms with E-state index in [4.69, 9.17) is 0 Å². The summed E-state index contributed by atoms with van der Waals surface area (Å²) in [4.78, 5) is 0. The zero-order valence-electron chi connectivity index (χ0n) is 33.1. The molecule has 0 aromatic rings. The Balaban J connectivity index is 0. The first-order valence-electron chi connectivity index (χ1n) is 21.9. The molecule has 0 radical (unpaired) electrons. The van der Waals surface area contributed by atoms with Crippen LogP contribution in [0.1, 0.15) is 257 Å². The van der Waals surface area contributed by atoms with Gasteiger partial charge in [0.25, 0.3) is 0 Å². The van der Waals surface area contributed by atoms with Crippen molar-refractivity contribution in [3.63, 3.8) is 0 Å². The highest BCUT2D eigenvalue weighted by Gasteiger charge is 2.15. The zero-order chi connectivity index (χ0) is 32.8. The number of halogens is 1. The Morgan fingerprint density at radius 1 is 0.217 bits per heavy atom. The van der Waals surface area contributed by atoms with Crippen molar-refractivity contribution >= 4 is 7.26 Å². The fraction of sp³-hybridized carbons (Fsp3) is 1.00. The van der Waals surface area contributed by atoms with Gasteiger partial charge in [0.1, 0.15) is 0 Å². The first kappa shape index (κ1) is 48.8. The summed E-state index contributed by atoms with van der Waals surface area (Å²) in [6, 6.07) is 0. The third-order valence-electron chi connectivity index (χ3n) is 10.4. The second-order valence-corrected chi connectivity index (χ2v) is 21.5. The predicted octanol–water partition coefficient (Wildman–Crippen LogP) is 14.1. The molecule has 0 unspecified atom stereocenters. The first-order chi connectivity index (χ1) is 22.1. The van der Waals surface area contributed by atoms with Crippen LogP contribution in [0.2, 0.25) is 0 Å². The molecule has 0 atom stereocenters. The monoisotopic (exact) mass is 687 g/mol.